The van der Waals surface area contributed by atoms with Crippen molar-refractivity contribution in [2.75, 3.05) is 7.11 Å². The molecule has 30 heavy (non-hydrogen) atoms. The lowest BCUT2D eigenvalue weighted by Crippen LogP contribution is -2.52. The van der Waals surface area contributed by atoms with Crippen LogP contribution in [0, 0.1) is 11.3 Å². The fourth-order valence-corrected chi connectivity index (χ4v) is 3.33. The summed E-state index contributed by atoms with van der Waals surface area (Å²) in [5.74, 6) is 0.0683. The first kappa shape index (κ1) is 23.3. The second-order valence-corrected chi connectivity index (χ2v) is 7.73. The third-order valence-electron chi connectivity index (χ3n) is 4.91. The lowest BCUT2D eigenvalue weighted by atomic mass is 9.83. The zero-order valence-electron chi connectivity index (χ0n) is 18.1. The van der Waals surface area contributed by atoms with Crippen LogP contribution in [0.1, 0.15) is 58.4 Å². The molecule has 1 N–H and O–H groups in total. The molecule has 7 heteroatoms. The van der Waals surface area contributed by atoms with Crippen LogP contribution in [0.3, 0.4) is 0 Å². The number of nitrogens with one attached hydrogen (secondary N) is 1. The first-order valence-corrected chi connectivity index (χ1v) is 10.3. The average molecular weight is 415 g/mol. The molecule has 1 aromatic rings. The van der Waals surface area contributed by atoms with E-state index in [2.05, 4.69) is 11.4 Å². The van der Waals surface area contributed by atoms with Gasteiger partial charge in [-0.3, -0.25) is 4.79 Å². The molecule has 0 spiro atoms. The van der Waals surface area contributed by atoms with Crippen molar-refractivity contribution in [2.45, 2.75) is 70.6 Å². The Morgan fingerprint density at radius 2 is 1.87 bits per heavy atom. The SMILES string of the molecule is COc1cc(/C=C/C(=O)O[C@H](C)C(=O)NC2(C#N)CCCCC2)ccc1OC(C)C. The van der Waals surface area contributed by atoms with Gasteiger partial charge in [-0.25, -0.2) is 4.79 Å². The Balaban J connectivity index is 1.95. The fraction of sp³-hybridized carbons (Fsp3) is 0.522. The van der Waals surface area contributed by atoms with Crippen LogP contribution < -0.4 is 14.8 Å². The largest absolute Gasteiger partial charge is 0.493 e. The molecule has 0 aliphatic heterocycles. The highest BCUT2D eigenvalue weighted by atomic mass is 16.5. The number of nitrogens with zero attached hydrogens (tertiary/aromatic N) is 1. The van der Waals surface area contributed by atoms with E-state index in [0.29, 0.717) is 24.3 Å². The summed E-state index contributed by atoms with van der Waals surface area (Å²) in [6.07, 6.45) is 5.94. The molecular formula is C23H30N2O5. The molecule has 0 bridgehead atoms. The van der Waals surface area contributed by atoms with E-state index in [0.717, 1.165) is 24.8 Å². The van der Waals surface area contributed by atoms with Gasteiger partial charge in [0.15, 0.2) is 17.6 Å². The Morgan fingerprint density at radius 3 is 2.47 bits per heavy atom. The Bertz CT molecular complexity index is 819. The number of carbonyl (C=O) groups is 2. The highest BCUT2D eigenvalue weighted by Crippen LogP contribution is 2.29. The van der Waals surface area contributed by atoms with E-state index >= 15 is 0 Å². The monoisotopic (exact) mass is 414 g/mol. The van der Waals surface area contributed by atoms with Gasteiger partial charge in [0.25, 0.3) is 5.91 Å². The second-order valence-electron chi connectivity index (χ2n) is 7.73. The molecule has 1 amide bonds. The molecule has 1 aliphatic carbocycles. The van der Waals surface area contributed by atoms with Crippen LogP contribution in [-0.2, 0) is 14.3 Å². The second kappa shape index (κ2) is 10.7. The summed E-state index contributed by atoms with van der Waals surface area (Å²) >= 11 is 0. The number of esters is 1. The summed E-state index contributed by atoms with van der Waals surface area (Å²) < 4.78 is 16.2. The highest BCUT2D eigenvalue weighted by molar-refractivity contribution is 5.90. The van der Waals surface area contributed by atoms with Gasteiger partial charge in [-0.1, -0.05) is 25.3 Å². The normalized spacial score (nSPS) is 16.5. The van der Waals surface area contributed by atoms with Gasteiger partial charge in [0, 0.05) is 6.08 Å². The number of benzene rings is 1. The first-order chi connectivity index (χ1) is 14.3. The van der Waals surface area contributed by atoms with Crippen LogP contribution in [-0.4, -0.2) is 36.7 Å². The molecule has 0 heterocycles. The standard InChI is InChI=1S/C23H30N2O5/c1-16(2)29-19-10-8-18(14-20(19)28-4)9-11-21(26)30-17(3)22(27)25-23(15-24)12-6-5-7-13-23/h8-11,14,16-17H,5-7,12-13H2,1-4H3,(H,25,27)/b11-9+/t17-/m1/s1. The zero-order chi connectivity index (χ0) is 22.1. The molecule has 0 aromatic heterocycles. The maximum absolute atomic E-state index is 12.4. The molecule has 162 valence electrons. The average Bonchev–Trinajstić information content (AvgIpc) is 2.73. The zero-order valence-corrected chi connectivity index (χ0v) is 18.1. The van der Waals surface area contributed by atoms with E-state index in [9.17, 15) is 14.9 Å². The van der Waals surface area contributed by atoms with Crippen LogP contribution in [0.25, 0.3) is 6.08 Å². The van der Waals surface area contributed by atoms with Gasteiger partial charge in [0.05, 0.1) is 19.3 Å². The molecule has 0 radical (unpaired) electrons. The Labute approximate surface area is 178 Å². The summed E-state index contributed by atoms with van der Waals surface area (Å²) in [5.41, 5.74) is -0.134. The van der Waals surface area contributed by atoms with Crippen molar-refractivity contribution in [2.24, 2.45) is 0 Å². The summed E-state index contributed by atoms with van der Waals surface area (Å²) in [4.78, 5) is 24.5. The Hall–Kier alpha value is -3.01. The smallest absolute Gasteiger partial charge is 0.331 e. The van der Waals surface area contributed by atoms with Gasteiger partial charge in [-0.15, -0.1) is 0 Å². The van der Waals surface area contributed by atoms with Crippen LogP contribution in [0.2, 0.25) is 0 Å². The Kier molecular flexibility index (Phi) is 8.28. The van der Waals surface area contributed by atoms with Crippen molar-refractivity contribution in [3.63, 3.8) is 0 Å². The van der Waals surface area contributed by atoms with E-state index in [4.69, 9.17) is 14.2 Å². The van der Waals surface area contributed by atoms with Crippen LogP contribution in [0.4, 0.5) is 0 Å². The van der Waals surface area contributed by atoms with Gasteiger partial charge >= 0.3 is 5.97 Å². The van der Waals surface area contributed by atoms with Crippen molar-refractivity contribution in [1.82, 2.24) is 5.32 Å². The van der Waals surface area contributed by atoms with Crippen molar-refractivity contribution in [1.29, 1.82) is 5.26 Å². The third kappa shape index (κ3) is 6.51. The van der Waals surface area contributed by atoms with E-state index < -0.39 is 23.5 Å². The number of carbonyl (C=O) groups excluding carboxylic acids is 2. The van der Waals surface area contributed by atoms with E-state index in [-0.39, 0.29) is 6.10 Å². The number of nitriles is 1. The number of hydrogen-bond donors (Lipinski definition) is 1. The van der Waals surface area contributed by atoms with Gasteiger partial charge in [-0.2, -0.15) is 5.26 Å². The number of methoxy groups -OCH3 is 1. The number of rotatable bonds is 8. The maximum Gasteiger partial charge on any atom is 0.331 e. The lowest BCUT2D eigenvalue weighted by Gasteiger charge is -2.32. The fourth-order valence-electron chi connectivity index (χ4n) is 3.33. The van der Waals surface area contributed by atoms with Crippen LogP contribution in [0.5, 0.6) is 11.5 Å². The van der Waals surface area contributed by atoms with E-state index in [1.54, 1.807) is 31.4 Å². The van der Waals surface area contributed by atoms with Crippen LogP contribution >= 0.6 is 0 Å². The van der Waals surface area contributed by atoms with Gasteiger partial charge in [0.1, 0.15) is 5.54 Å². The number of amides is 1. The molecule has 1 aromatic carbocycles. The number of hydrogen-bond acceptors (Lipinski definition) is 6. The molecule has 1 atom stereocenters. The topological polar surface area (TPSA) is 97.6 Å². The molecule has 1 saturated carbocycles. The summed E-state index contributed by atoms with van der Waals surface area (Å²) in [6, 6.07) is 7.53. The van der Waals surface area contributed by atoms with Crippen molar-refractivity contribution in [3.05, 3.63) is 29.8 Å². The molecule has 2 rings (SSSR count). The molecule has 1 fully saturated rings. The van der Waals surface area contributed by atoms with Crippen LogP contribution in [0.15, 0.2) is 24.3 Å². The minimum Gasteiger partial charge on any atom is -0.493 e. The quantitative estimate of drug-likeness (QED) is 0.514. The van der Waals surface area contributed by atoms with Gasteiger partial charge in [0.2, 0.25) is 0 Å². The molecule has 1 aliphatic rings. The Morgan fingerprint density at radius 1 is 1.17 bits per heavy atom. The maximum atomic E-state index is 12.4. The van der Waals surface area contributed by atoms with Crippen molar-refractivity contribution in [3.8, 4) is 17.6 Å². The van der Waals surface area contributed by atoms with Gasteiger partial charge in [-0.05, 0) is 57.4 Å². The minimum atomic E-state index is -0.995. The molecule has 7 nitrogen and oxygen atoms in total. The van der Waals surface area contributed by atoms with Crippen molar-refractivity contribution >= 4 is 18.0 Å². The predicted molar refractivity (Wildman–Crippen MR) is 113 cm³/mol. The summed E-state index contributed by atoms with van der Waals surface area (Å²) in [7, 11) is 1.55. The molecule has 0 unspecified atom stereocenters. The molecular weight excluding hydrogens is 384 g/mol. The minimum absolute atomic E-state index is 0.0108. The van der Waals surface area contributed by atoms with Gasteiger partial charge < -0.3 is 19.5 Å². The summed E-state index contributed by atoms with van der Waals surface area (Å²) in [5, 5.41) is 12.2. The first-order valence-electron chi connectivity index (χ1n) is 10.3. The van der Waals surface area contributed by atoms with E-state index in [1.165, 1.54) is 13.0 Å². The van der Waals surface area contributed by atoms with Crippen molar-refractivity contribution < 1.29 is 23.8 Å². The number of ether oxygens (including phenoxy) is 3. The third-order valence-corrected chi connectivity index (χ3v) is 4.91. The lowest BCUT2D eigenvalue weighted by molar-refractivity contribution is -0.150. The summed E-state index contributed by atoms with van der Waals surface area (Å²) in [6.45, 7) is 5.34. The molecule has 0 saturated heterocycles. The van der Waals surface area contributed by atoms with E-state index in [1.807, 2.05) is 13.8 Å². The highest BCUT2D eigenvalue weighted by Gasteiger charge is 2.35. The predicted octanol–water partition coefficient (Wildman–Crippen LogP) is 3.77.